The Morgan fingerprint density at radius 2 is 1.90 bits per heavy atom. The summed E-state index contributed by atoms with van der Waals surface area (Å²) in [6.45, 7) is 11.3. The largest absolute Gasteiger partial charge is 0.356 e. The number of aromatic nitrogens is 2. The zero-order valence-electron chi connectivity index (χ0n) is 13.1. The van der Waals surface area contributed by atoms with Gasteiger partial charge in [0.15, 0.2) is 0 Å². The van der Waals surface area contributed by atoms with Crippen molar-refractivity contribution in [3.05, 3.63) is 17.0 Å². The van der Waals surface area contributed by atoms with Gasteiger partial charge in [0.05, 0.1) is 0 Å². The molecule has 1 aromatic rings. The van der Waals surface area contributed by atoms with Crippen molar-refractivity contribution in [2.45, 2.75) is 53.4 Å². The van der Waals surface area contributed by atoms with Crippen molar-refractivity contribution in [3.8, 4) is 0 Å². The Labute approximate surface area is 127 Å². The van der Waals surface area contributed by atoms with Crippen molar-refractivity contribution < 1.29 is 0 Å². The second-order valence-electron chi connectivity index (χ2n) is 6.84. The fourth-order valence-electron chi connectivity index (χ4n) is 2.92. The molecule has 0 aromatic carbocycles. The highest BCUT2D eigenvalue weighted by atomic mass is 35.5. The molecule has 0 saturated carbocycles. The van der Waals surface area contributed by atoms with E-state index in [4.69, 9.17) is 11.6 Å². The van der Waals surface area contributed by atoms with Gasteiger partial charge >= 0.3 is 0 Å². The van der Waals surface area contributed by atoms with E-state index in [2.05, 4.69) is 42.6 Å². The van der Waals surface area contributed by atoms with Crippen LogP contribution in [0.3, 0.4) is 0 Å². The predicted molar refractivity (Wildman–Crippen MR) is 85.4 cm³/mol. The molecule has 1 aliphatic heterocycles. The van der Waals surface area contributed by atoms with Crippen molar-refractivity contribution in [2.75, 3.05) is 18.0 Å². The summed E-state index contributed by atoms with van der Waals surface area (Å²) in [5, 5.41) is 0.566. The molecule has 0 N–H and O–H groups in total. The summed E-state index contributed by atoms with van der Waals surface area (Å²) < 4.78 is 0. The highest BCUT2D eigenvalue weighted by molar-refractivity contribution is 6.29. The SMILES string of the molecule is CCCc1nc(Cl)cc(N2CCC(C(C)(C)C)CC2)n1. The number of nitrogens with zero attached hydrogens (tertiary/aromatic N) is 3. The Morgan fingerprint density at radius 3 is 2.45 bits per heavy atom. The Morgan fingerprint density at radius 1 is 1.25 bits per heavy atom. The van der Waals surface area contributed by atoms with Crippen LogP contribution in [0.2, 0.25) is 5.15 Å². The summed E-state index contributed by atoms with van der Waals surface area (Å²) in [7, 11) is 0. The Bertz CT molecular complexity index is 446. The highest BCUT2D eigenvalue weighted by Gasteiger charge is 2.29. The van der Waals surface area contributed by atoms with E-state index in [1.165, 1.54) is 12.8 Å². The average Bonchev–Trinajstić information content (AvgIpc) is 2.37. The number of hydrogen-bond acceptors (Lipinski definition) is 3. The lowest BCUT2D eigenvalue weighted by molar-refractivity contribution is 0.198. The normalized spacial score (nSPS) is 17.6. The molecule has 0 aliphatic carbocycles. The number of aryl methyl sites for hydroxylation is 1. The molecule has 1 aromatic heterocycles. The molecule has 0 spiro atoms. The molecule has 0 bridgehead atoms. The van der Waals surface area contributed by atoms with Gasteiger partial charge in [-0.1, -0.05) is 39.3 Å². The standard InChI is InChI=1S/C16H26ClN3/c1-5-6-14-18-13(17)11-15(19-14)20-9-7-12(8-10-20)16(2,3)4/h11-12H,5-10H2,1-4H3. The van der Waals surface area contributed by atoms with Crippen LogP contribution in [0.1, 0.15) is 52.8 Å². The Kier molecular flexibility index (Phi) is 4.90. The van der Waals surface area contributed by atoms with Gasteiger partial charge in [0.1, 0.15) is 16.8 Å². The molecule has 0 atom stereocenters. The predicted octanol–water partition coefficient (Wildman–Crippen LogP) is 4.35. The monoisotopic (exact) mass is 295 g/mol. The van der Waals surface area contributed by atoms with Crippen LogP contribution in [0.15, 0.2) is 6.07 Å². The van der Waals surface area contributed by atoms with Crippen molar-refractivity contribution in [3.63, 3.8) is 0 Å². The first-order valence-electron chi connectivity index (χ1n) is 7.68. The third kappa shape index (κ3) is 3.85. The summed E-state index contributed by atoms with van der Waals surface area (Å²) in [6.07, 6.45) is 4.40. The minimum absolute atomic E-state index is 0.406. The molecule has 3 nitrogen and oxygen atoms in total. The smallest absolute Gasteiger partial charge is 0.134 e. The molecule has 1 fully saturated rings. The van der Waals surface area contributed by atoms with Crippen molar-refractivity contribution in [1.82, 2.24) is 9.97 Å². The maximum Gasteiger partial charge on any atom is 0.134 e. The topological polar surface area (TPSA) is 29.0 Å². The van der Waals surface area contributed by atoms with E-state index in [9.17, 15) is 0 Å². The molecule has 0 amide bonds. The van der Waals surface area contributed by atoms with Gasteiger partial charge in [-0.25, -0.2) is 9.97 Å². The van der Waals surface area contributed by atoms with Crippen LogP contribution in [-0.4, -0.2) is 23.1 Å². The van der Waals surface area contributed by atoms with Gasteiger partial charge in [-0.3, -0.25) is 0 Å². The van der Waals surface area contributed by atoms with Crippen LogP contribution < -0.4 is 4.90 Å². The van der Waals surface area contributed by atoms with Gasteiger partial charge < -0.3 is 4.90 Å². The van der Waals surface area contributed by atoms with Gasteiger partial charge in [0.25, 0.3) is 0 Å². The molecule has 0 radical (unpaired) electrons. The molecule has 4 heteroatoms. The van der Waals surface area contributed by atoms with E-state index in [-0.39, 0.29) is 0 Å². The first-order chi connectivity index (χ1) is 9.40. The van der Waals surface area contributed by atoms with E-state index < -0.39 is 0 Å². The number of rotatable bonds is 3. The number of halogens is 1. The van der Waals surface area contributed by atoms with Crippen LogP contribution in [0.4, 0.5) is 5.82 Å². The van der Waals surface area contributed by atoms with Crippen molar-refractivity contribution in [1.29, 1.82) is 0 Å². The second-order valence-corrected chi connectivity index (χ2v) is 7.23. The van der Waals surface area contributed by atoms with E-state index in [1.807, 2.05) is 6.07 Å². The fraction of sp³-hybridized carbons (Fsp3) is 0.750. The third-order valence-corrected chi connectivity index (χ3v) is 4.44. The highest BCUT2D eigenvalue weighted by Crippen LogP contribution is 2.35. The lowest BCUT2D eigenvalue weighted by Gasteiger charge is -2.39. The summed E-state index contributed by atoms with van der Waals surface area (Å²) in [5.41, 5.74) is 0.406. The zero-order valence-corrected chi connectivity index (χ0v) is 13.9. The summed E-state index contributed by atoms with van der Waals surface area (Å²) in [4.78, 5) is 11.3. The number of hydrogen-bond donors (Lipinski definition) is 0. The molecular weight excluding hydrogens is 270 g/mol. The van der Waals surface area contributed by atoms with Gasteiger partial charge in [0, 0.05) is 25.6 Å². The van der Waals surface area contributed by atoms with Crippen LogP contribution in [0, 0.1) is 11.3 Å². The fourth-order valence-corrected chi connectivity index (χ4v) is 3.12. The number of anilines is 1. The average molecular weight is 296 g/mol. The Balaban J connectivity index is 2.07. The lowest BCUT2D eigenvalue weighted by atomic mass is 9.75. The van der Waals surface area contributed by atoms with Gasteiger partial charge in [-0.15, -0.1) is 0 Å². The molecule has 1 aliphatic rings. The van der Waals surface area contributed by atoms with E-state index >= 15 is 0 Å². The Hall–Kier alpha value is -0.830. The van der Waals surface area contributed by atoms with Crippen LogP contribution in [0.25, 0.3) is 0 Å². The summed E-state index contributed by atoms with van der Waals surface area (Å²) in [5.74, 6) is 2.67. The maximum atomic E-state index is 6.13. The van der Waals surface area contributed by atoms with Crippen LogP contribution >= 0.6 is 11.6 Å². The molecular formula is C16H26ClN3. The van der Waals surface area contributed by atoms with Gasteiger partial charge in [-0.2, -0.15) is 0 Å². The summed E-state index contributed by atoms with van der Waals surface area (Å²) in [6, 6.07) is 1.90. The molecule has 0 unspecified atom stereocenters. The lowest BCUT2D eigenvalue weighted by Crippen LogP contribution is -2.38. The van der Waals surface area contributed by atoms with E-state index in [1.54, 1.807) is 0 Å². The molecule has 112 valence electrons. The number of piperidine rings is 1. The molecule has 1 saturated heterocycles. The van der Waals surface area contributed by atoms with Crippen molar-refractivity contribution in [2.24, 2.45) is 11.3 Å². The van der Waals surface area contributed by atoms with E-state index in [0.717, 1.165) is 43.5 Å². The van der Waals surface area contributed by atoms with Crippen molar-refractivity contribution >= 4 is 17.4 Å². The quantitative estimate of drug-likeness (QED) is 0.777. The first kappa shape index (κ1) is 15.6. The third-order valence-electron chi connectivity index (χ3n) is 4.24. The van der Waals surface area contributed by atoms with Crippen LogP contribution in [0.5, 0.6) is 0 Å². The van der Waals surface area contributed by atoms with E-state index in [0.29, 0.717) is 10.6 Å². The van der Waals surface area contributed by atoms with Gasteiger partial charge in [0.2, 0.25) is 0 Å². The molecule has 2 rings (SSSR count). The first-order valence-corrected chi connectivity index (χ1v) is 8.06. The minimum atomic E-state index is 0.406. The van der Waals surface area contributed by atoms with Gasteiger partial charge in [-0.05, 0) is 30.6 Å². The molecule has 20 heavy (non-hydrogen) atoms. The zero-order chi connectivity index (χ0) is 14.8. The van der Waals surface area contributed by atoms with Crippen LogP contribution in [-0.2, 0) is 6.42 Å². The second kappa shape index (κ2) is 6.30. The molecule has 2 heterocycles. The minimum Gasteiger partial charge on any atom is -0.356 e. The maximum absolute atomic E-state index is 6.13. The summed E-state index contributed by atoms with van der Waals surface area (Å²) >= 11 is 6.13.